The average Bonchev–Trinajstić information content (AvgIpc) is 2.78. The van der Waals surface area contributed by atoms with Gasteiger partial charge in [0.2, 0.25) is 11.8 Å². The molecule has 2 N–H and O–H groups in total. The largest absolute Gasteiger partial charge is 0.335 e. The second-order valence-electron chi connectivity index (χ2n) is 7.51. The molecule has 0 amide bonds. The summed E-state index contributed by atoms with van der Waals surface area (Å²) in [6, 6.07) is 15.1. The number of benzene rings is 2. The summed E-state index contributed by atoms with van der Waals surface area (Å²) in [7, 11) is 0. The Labute approximate surface area is 187 Å². The Kier molecular flexibility index (Phi) is 7.20. The summed E-state index contributed by atoms with van der Waals surface area (Å²) in [5, 5.41) is 28.5. The summed E-state index contributed by atoms with van der Waals surface area (Å²) >= 11 is 0. The molecule has 162 valence electrons. The Hall–Kier alpha value is -4.17. The molecule has 0 aliphatic carbocycles. The summed E-state index contributed by atoms with van der Waals surface area (Å²) in [5.74, 6) is 0.465. The number of hydrogen-bond donors (Lipinski definition) is 2. The SMILES string of the molecule is CCCn1nc(Nc2c(C)cc(CCC#N)cc2C)nc(Nc2ccc(C#N)cc2)c1=O. The third-order valence-electron chi connectivity index (χ3n) is 4.94. The fourth-order valence-corrected chi connectivity index (χ4v) is 3.43. The number of anilines is 4. The van der Waals surface area contributed by atoms with Gasteiger partial charge in [0.05, 0.1) is 17.7 Å². The van der Waals surface area contributed by atoms with Gasteiger partial charge in [-0.1, -0.05) is 19.1 Å². The van der Waals surface area contributed by atoms with E-state index in [1.54, 1.807) is 24.3 Å². The van der Waals surface area contributed by atoms with E-state index in [4.69, 9.17) is 10.5 Å². The molecule has 0 saturated heterocycles. The van der Waals surface area contributed by atoms with Crippen molar-refractivity contribution >= 4 is 23.1 Å². The van der Waals surface area contributed by atoms with Gasteiger partial charge in [-0.3, -0.25) is 4.79 Å². The zero-order valence-electron chi connectivity index (χ0n) is 18.4. The fourth-order valence-electron chi connectivity index (χ4n) is 3.43. The quantitative estimate of drug-likeness (QED) is 0.544. The van der Waals surface area contributed by atoms with Crippen LogP contribution in [0.3, 0.4) is 0 Å². The lowest BCUT2D eigenvalue weighted by atomic mass is 10.0. The van der Waals surface area contributed by atoms with Crippen molar-refractivity contribution in [1.29, 1.82) is 10.5 Å². The van der Waals surface area contributed by atoms with Gasteiger partial charge in [-0.15, -0.1) is 5.10 Å². The minimum atomic E-state index is -0.318. The molecule has 0 bridgehead atoms. The van der Waals surface area contributed by atoms with Crippen LogP contribution in [-0.2, 0) is 13.0 Å². The maximum Gasteiger partial charge on any atom is 0.309 e. The average molecular weight is 428 g/mol. The smallest absolute Gasteiger partial charge is 0.309 e. The lowest BCUT2D eigenvalue weighted by molar-refractivity contribution is 0.565. The molecule has 0 aliphatic rings. The molecule has 0 atom stereocenters. The maximum absolute atomic E-state index is 12.8. The van der Waals surface area contributed by atoms with E-state index in [9.17, 15) is 4.79 Å². The van der Waals surface area contributed by atoms with Gasteiger partial charge < -0.3 is 10.6 Å². The van der Waals surface area contributed by atoms with E-state index in [-0.39, 0.29) is 11.4 Å². The number of nitriles is 2. The van der Waals surface area contributed by atoms with Crippen molar-refractivity contribution in [3.05, 3.63) is 69.0 Å². The van der Waals surface area contributed by atoms with E-state index < -0.39 is 0 Å². The third-order valence-corrected chi connectivity index (χ3v) is 4.94. The zero-order valence-corrected chi connectivity index (χ0v) is 18.4. The second kappa shape index (κ2) is 10.2. The predicted molar refractivity (Wildman–Crippen MR) is 124 cm³/mol. The molecule has 0 unspecified atom stereocenters. The Morgan fingerprint density at radius 3 is 2.34 bits per heavy atom. The summed E-state index contributed by atoms with van der Waals surface area (Å²) in [6.45, 7) is 6.42. The highest BCUT2D eigenvalue weighted by Gasteiger charge is 2.13. The number of hydrogen-bond acceptors (Lipinski definition) is 7. The molecule has 0 aliphatic heterocycles. The standard InChI is InChI=1S/C24H25N7O/c1-4-12-31-23(32)22(27-20-9-7-18(15-26)8-10-20)29-24(30-31)28-21-16(2)13-19(6-5-11-25)14-17(21)3/h7-10,13-14H,4-6,12H2,1-3H3,(H2,27,28,29,30). The first-order chi connectivity index (χ1) is 15.4. The number of nitrogens with zero attached hydrogens (tertiary/aromatic N) is 5. The van der Waals surface area contributed by atoms with E-state index in [1.807, 2.05) is 32.9 Å². The van der Waals surface area contributed by atoms with Crippen molar-refractivity contribution < 1.29 is 0 Å². The number of aromatic nitrogens is 3. The van der Waals surface area contributed by atoms with Crippen molar-refractivity contribution in [2.45, 2.75) is 46.6 Å². The molecule has 0 saturated carbocycles. The summed E-state index contributed by atoms with van der Waals surface area (Å²) in [4.78, 5) is 17.3. The fraction of sp³-hybridized carbons (Fsp3) is 0.292. The monoisotopic (exact) mass is 427 g/mol. The number of nitrogens with one attached hydrogen (secondary N) is 2. The van der Waals surface area contributed by atoms with Crippen LogP contribution in [0.2, 0.25) is 0 Å². The minimum absolute atomic E-state index is 0.154. The Morgan fingerprint density at radius 1 is 1.06 bits per heavy atom. The minimum Gasteiger partial charge on any atom is -0.335 e. The molecule has 1 aromatic heterocycles. The highest BCUT2D eigenvalue weighted by molar-refractivity contribution is 5.65. The van der Waals surface area contributed by atoms with Crippen molar-refractivity contribution in [3.63, 3.8) is 0 Å². The third kappa shape index (κ3) is 5.30. The van der Waals surface area contributed by atoms with Crippen LogP contribution in [0.25, 0.3) is 0 Å². The van der Waals surface area contributed by atoms with Crippen LogP contribution in [-0.4, -0.2) is 14.8 Å². The van der Waals surface area contributed by atoms with Gasteiger partial charge in [-0.25, -0.2) is 4.68 Å². The topological polar surface area (TPSA) is 119 Å². The van der Waals surface area contributed by atoms with E-state index >= 15 is 0 Å². The van der Waals surface area contributed by atoms with Crippen molar-refractivity contribution in [3.8, 4) is 12.1 Å². The van der Waals surface area contributed by atoms with E-state index in [0.29, 0.717) is 36.6 Å². The lowest BCUT2D eigenvalue weighted by Gasteiger charge is -2.15. The lowest BCUT2D eigenvalue weighted by Crippen LogP contribution is -2.27. The second-order valence-corrected chi connectivity index (χ2v) is 7.51. The first-order valence-electron chi connectivity index (χ1n) is 10.5. The first-order valence-corrected chi connectivity index (χ1v) is 10.5. The Bertz CT molecular complexity index is 1220. The van der Waals surface area contributed by atoms with Crippen LogP contribution >= 0.6 is 0 Å². The molecule has 32 heavy (non-hydrogen) atoms. The van der Waals surface area contributed by atoms with E-state index in [2.05, 4.69) is 32.9 Å². The zero-order chi connectivity index (χ0) is 23.1. The van der Waals surface area contributed by atoms with Crippen LogP contribution in [0.15, 0.2) is 41.2 Å². The van der Waals surface area contributed by atoms with Crippen LogP contribution in [0.1, 0.15) is 42.0 Å². The van der Waals surface area contributed by atoms with Crippen molar-refractivity contribution in [2.24, 2.45) is 0 Å². The van der Waals surface area contributed by atoms with Gasteiger partial charge in [0.1, 0.15) is 0 Å². The highest BCUT2D eigenvalue weighted by Crippen LogP contribution is 2.25. The van der Waals surface area contributed by atoms with Crippen molar-refractivity contribution in [1.82, 2.24) is 14.8 Å². The summed E-state index contributed by atoms with van der Waals surface area (Å²) < 4.78 is 1.40. The molecule has 8 heteroatoms. The Morgan fingerprint density at radius 2 is 1.75 bits per heavy atom. The van der Waals surface area contributed by atoms with Crippen LogP contribution < -0.4 is 16.2 Å². The van der Waals surface area contributed by atoms with E-state index in [1.165, 1.54) is 4.68 Å². The van der Waals surface area contributed by atoms with Gasteiger partial charge in [0.15, 0.2) is 0 Å². The van der Waals surface area contributed by atoms with Crippen LogP contribution in [0.4, 0.5) is 23.1 Å². The molecule has 2 aromatic carbocycles. The van der Waals surface area contributed by atoms with Gasteiger partial charge in [-0.2, -0.15) is 15.5 Å². The van der Waals surface area contributed by atoms with Crippen molar-refractivity contribution in [2.75, 3.05) is 10.6 Å². The molecule has 0 fully saturated rings. The molecule has 0 spiro atoms. The molecule has 1 heterocycles. The number of aryl methyl sites for hydroxylation is 4. The van der Waals surface area contributed by atoms with Gasteiger partial charge in [0, 0.05) is 24.3 Å². The number of rotatable bonds is 8. The molecular weight excluding hydrogens is 402 g/mol. The Balaban J connectivity index is 1.95. The maximum atomic E-state index is 12.8. The molecule has 8 nitrogen and oxygen atoms in total. The summed E-state index contributed by atoms with van der Waals surface area (Å²) in [6.07, 6.45) is 1.93. The molecular formula is C24H25N7O. The predicted octanol–water partition coefficient (Wildman–Crippen LogP) is 4.48. The highest BCUT2D eigenvalue weighted by atomic mass is 16.1. The normalized spacial score (nSPS) is 10.3. The van der Waals surface area contributed by atoms with E-state index in [0.717, 1.165) is 28.8 Å². The van der Waals surface area contributed by atoms with Gasteiger partial charge in [0.25, 0.3) is 0 Å². The van der Waals surface area contributed by atoms with Crippen LogP contribution in [0, 0.1) is 36.5 Å². The molecule has 3 aromatic rings. The molecule has 0 radical (unpaired) electrons. The van der Waals surface area contributed by atoms with Crippen LogP contribution in [0.5, 0.6) is 0 Å². The van der Waals surface area contributed by atoms with Gasteiger partial charge >= 0.3 is 5.56 Å². The first kappa shape index (κ1) is 22.5. The molecule has 3 rings (SSSR count). The summed E-state index contributed by atoms with van der Waals surface area (Å²) in [5.41, 5.74) is 4.87. The van der Waals surface area contributed by atoms with Gasteiger partial charge in [-0.05, 0) is 67.6 Å².